The lowest BCUT2D eigenvalue weighted by atomic mass is 10.1. The van der Waals surface area contributed by atoms with Gasteiger partial charge in [0.05, 0.1) is 12.1 Å². The zero-order valence-electron chi connectivity index (χ0n) is 11.0. The monoisotopic (exact) mass is 249 g/mol. The van der Waals surface area contributed by atoms with E-state index in [1.165, 1.54) is 0 Å². The molecule has 0 spiro atoms. The maximum atomic E-state index is 9.87. The maximum Gasteiger partial charge on any atom is 0.298 e. The van der Waals surface area contributed by atoms with Crippen molar-refractivity contribution in [2.45, 2.75) is 26.4 Å². The molecule has 0 fully saturated rings. The minimum absolute atomic E-state index is 0.464. The number of aromatic nitrogens is 1. The second kappa shape index (κ2) is 4.49. The Bertz CT molecular complexity index is 543. The Morgan fingerprint density at radius 2 is 2.17 bits per heavy atom. The Balaban J connectivity index is 2.34. The van der Waals surface area contributed by atoms with Crippen LogP contribution in [-0.4, -0.2) is 28.8 Å². The Labute approximate surface area is 106 Å². The Morgan fingerprint density at radius 3 is 2.78 bits per heavy atom. The molecule has 3 N–H and O–H groups in total. The van der Waals surface area contributed by atoms with Gasteiger partial charge in [0.1, 0.15) is 5.52 Å². The van der Waals surface area contributed by atoms with Crippen molar-refractivity contribution in [2.24, 2.45) is 0 Å². The lowest BCUT2D eigenvalue weighted by molar-refractivity contribution is 0.0864. The van der Waals surface area contributed by atoms with Crippen LogP contribution < -0.4 is 10.6 Å². The Hall–Kier alpha value is -1.75. The van der Waals surface area contributed by atoms with Crippen molar-refractivity contribution in [1.82, 2.24) is 4.98 Å². The summed E-state index contributed by atoms with van der Waals surface area (Å²) in [5.41, 5.74) is 6.99. The fraction of sp³-hybridized carbons (Fsp3) is 0.462. The molecule has 5 heteroatoms. The number of nitrogens with two attached hydrogens (primary N) is 1. The minimum Gasteiger partial charge on any atom is -0.423 e. The SMILES string of the molecule is CCN(CC(C)(C)O)c1nc2ccc(N)cc2o1. The van der Waals surface area contributed by atoms with E-state index >= 15 is 0 Å². The van der Waals surface area contributed by atoms with Gasteiger partial charge in [0.15, 0.2) is 5.58 Å². The summed E-state index contributed by atoms with van der Waals surface area (Å²) in [5.74, 6) is 0. The van der Waals surface area contributed by atoms with Gasteiger partial charge in [0.2, 0.25) is 0 Å². The van der Waals surface area contributed by atoms with Crippen LogP contribution in [0.1, 0.15) is 20.8 Å². The second-order valence-electron chi connectivity index (χ2n) is 5.05. The number of hydrogen-bond donors (Lipinski definition) is 2. The van der Waals surface area contributed by atoms with Crippen LogP contribution in [0.4, 0.5) is 11.7 Å². The fourth-order valence-electron chi connectivity index (χ4n) is 1.85. The summed E-state index contributed by atoms with van der Waals surface area (Å²) in [6.07, 6.45) is 0. The van der Waals surface area contributed by atoms with Gasteiger partial charge in [-0.2, -0.15) is 4.98 Å². The molecule has 0 aliphatic rings. The third-order valence-electron chi connectivity index (χ3n) is 2.63. The summed E-state index contributed by atoms with van der Waals surface area (Å²) in [6, 6.07) is 5.89. The molecule has 2 rings (SSSR count). The van der Waals surface area contributed by atoms with E-state index in [4.69, 9.17) is 10.2 Å². The molecule has 0 saturated heterocycles. The van der Waals surface area contributed by atoms with Gasteiger partial charge in [-0.3, -0.25) is 0 Å². The highest BCUT2D eigenvalue weighted by Crippen LogP contribution is 2.24. The van der Waals surface area contributed by atoms with Crippen LogP contribution in [0, 0.1) is 0 Å². The van der Waals surface area contributed by atoms with Crippen LogP contribution in [-0.2, 0) is 0 Å². The number of aliphatic hydroxyl groups is 1. The van der Waals surface area contributed by atoms with Crippen LogP contribution in [0.2, 0.25) is 0 Å². The molecule has 0 amide bonds. The summed E-state index contributed by atoms with van der Waals surface area (Å²) in [5, 5.41) is 9.87. The van der Waals surface area contributed by atoms with Crippen molar-refractivity contribution in [2.75, 3.05) is 23.7 Å². The summed E-state index contributed by atoms with van der Waals surface area (Å²) < 4.78 is 5.67. The summed E-state index contributed by atoms with van der Waals surface area (Å²) in [6.45, 7) is 6.69. The Morgan fingerprint density at radius 1 is 1.44 bits per heavy atom. The molecule has 0 aliphatic heterocycles. The number of fused-ring (bicyclic) bond motifs is 1. The molecular formula is C13H19N3O2. The highest BCUT2D eigenvalue weighted by Gasteiger charge is 2.21. The molecule has 0 saturated carbocycles. The minimum atomic E-state index is -0.796. The first-order chi connectivity index (χ1) is 8.39. The molecule has 1 heterocycles. The number of rotatable bonds is 4. The first-order valence-electron chi connectivity index (χ1n) is 6.02. The molecule has 0 radical (unpaired) electrons. The molecule has 98 valence electrons. The Kier molecular flexibility index (Phi) is 3.17. The van der Waals surface area contributed by atoms with Gasteiger partial charge in [0.25, 0.3) is 6.01 Å². The molecule has 2 aromatic rings. The largest absolute Gasteiger partial charge is 0.423 e. The normalized spacial score (nSPS) is 12.0. The van der Waals surface area contributed by atoms with Gasteiger partial charge in [0, 0.05) is 18.3 Å². The maximum absolute atomic E-state index is 9.87. The van der Waals surface area contributed by atoms with E-state index < -0.39 is 5.60 Å². The number of benzene rings is 1. The second-order valence-corrected chi connectivity index (χ2v) is 5.05. The molecule has 0 unspecified atom stereocenters. The zero-order chi connectivity index (χ0) is 13.3. The highest BCUT2D eigenvalue weighted by molar-refractivity contribution is 5.78. The third-order valence-corrected chi connectivity index (χ3v) is 2.63. The van der Waals surface area contributed by atoms with E-state index in [-0.39, 0.29) is 0 Å². The van der Waals surface area contributed by atoms with Crippen LogP contribution in [0.25, 0.3) is 11.1 Å². The van der Waals surface area contributed by atoms with Crippen molar-refractivity contribution in [3.8, 4) is 0 Å². The highest BCUT2D eigenvalue weighted by atomic mass is 16.4. The van der Waals surface area contributed by atoms with E-state index in [1.807, 2.05) is 17.9 Å². The third kappa shape index (κ3) is 2.73. The standard InChI is InChI=1S/C13H19N3O2/c1-4-16(8-13(2,3)17)12-15-10-6-5-9(14)7-11(10)18-12/h5-7,17H,4,8,14H2,1-3H3. The van der Waals surface area contributed by atoms with Crippen molar-refractivity contribution in [3.05, 3.63) is 18.2 Å². The van der Waals surface area contributed by atoms with Crippen molar-refractivity contribution in [1.29, 1.82) is 0 Å². The average molecular weight is 249 g/mol. The summed E-state index contributed by atoms with van der Waals surface area (Å²) >= 11 is 0. The van der Waals surface area contributed by atoms with E-state index in [9.17, 15) is 5.11 Å². The van der Waals surface area contributed by atoms with E-state index in [2.05, 4.69) is 4.98 Å². The number of nitrogens with zero attached hydrogens (tertiary/aromatic N) is 2. The van der Waals surface area contributed by atoms with Crippen molar-refractivity contribution < 1.29 is 9.52 Å². The van der Waals surface area contributed by atoms with E-state index in [0.29, 0.717) is 30.4 Å². The summed E-state index contributed by atoms with van der Waals surface area (Å²) in [7, 11) is 0. The average Bonchev–Trinajstić information content (AvgIpc) is 2.67. The predicted octanol–water partition coefficient (Wildman–Crippen LogP) is 2.01. The number of oxazole rings is 1. The topological polar surface area (TPSA) is 75.5 Å². The van der Waals surface area contributed by atoms with Gasteiger partial charge < -0.3 is 20.2 Å². The first-order valence-corrected chi connectivity index (χ1v) is 6.02. The number of nitrogen functional groups attached to an aromatic ring is 1. The quantitative estimate of drug-likeness (QED) is 0.811. The zero-order valence-corrected chi connectivity index (χ0v) is 11.0. The fourth-order valence-corrected chi connectivity index (χ4v) is 1.85. The number of likely N-dealkylation sites (N-methyl/N-ethyl adjacent to an activating group) is 1. The van der Waals surface area contributed by atoms with Gasteiger partial charge >= 0.3 is 0 Å². The van der Waals surface area contributed by atoms with Crippen molar-refractivity contribution >= 4 is 22.8 Å². The number of anilines is 2. The van der Waals surface area contributed by atoms with Crippen molar-refractivity contribution in [3.63, 3.8) is 0 Å². The van der Waals surface area contributed by atoms with Gasteiger partial charge in [-0.25, -0.2) is 0 Å². The summed E-state index contributed by atoms with van der Waals surface area (Å²) in [4.78, 5) is 6.30. The molecule has 0 atom stereocenters. The smallest absolute Gasteiger partial charge is 0.298 e. The van der Waals surface area contributed by atoms with Gasteiger partial charge in [-0.15, -0.1) is 0 Å². The molecule has 0 aliphatic carbocycles. The van der Waals surface area contributed by atoms with E-state index in [0.717, 1.165) is 5.52 Å². The number of hydrogen-bond acceptors (Lipinski definition) is 5. The lowest BCUT2D eigenvalue weighted by Gasteiger charge is -2.26. The molecule has 1 aromatic carbocycles. The van der Waals surface area contributed by atoms with Gasteiger partial charge in [-0.05, 0) is 32.9 Å². The lowest BCUT2D eigenvalue weighted by Crippen LogP contribution is -2.38. The molecular weight excluding hydrogens is 230 g/mol. The van der Waals surface area contributed by atoms with E-state index in [1.54, 1.807) is 26.0 Å². The predicted molar refractivity (Wildman–Crippen MR) is 72.6 cm³/mol. The van der Waals surface area contributed by atoms with Crippen LogP contribution in [0.15, 0.2) is 22.6 Å². The molecule has 1 aromatic heterocycles. The van der Waals surface area contributed by atoms with Crippen LogP contribution in [0.3, 0.4) is 0 Å². The first kappa shape index (κ1) is 12.7. The molecule has 0 bridgehead atoms. The van der Waals surface area contributed by atoms with Gasteiger partial charge in [-0.1, -0.05) is 0 Å². The van der Waals surface area contributed by atoms with Crippen LogP contribution >= 0.6 is 0 Å². The molecule has 5 nitrogen and oxygen atoms in total. The van der Waals surface area contributed by atoms with Crippen LogP contribution in [0.5, 0.6) is 0 Å². The molecule has 18 heavy (non-hydrogen) atoms.